The number of nitrogens with zero attached hydrogens (tertiary/aromatic N) is 2. The molecule has 1 heterocycles. The van der Waals surface area contributed by atoms with Crippen LogP contribution in [0.1, 0.15) is 21.6 Å². The lowest BCUT2D eigenvalue weighted by molar-refractivity contribution is -0.144. The predicted octanol–water partition coefficient (Wildman–Crippen LogP) is 2.85. The molecular weight excluding hydrogens is 464 g/mol. The third kappa shape index (κ3) is 3.27. The predicted molar refractivity (Wildman–Crippen MR) is 89.9 cm³/mol. The summed E-state index contributed by atoms with van der Waals surface area (Å²) in [5.74, 6) is 0. The summed E-state index contributed by atoms with van der Waals surface area (Å²) < 4.78 is 40.0. The minimum atomic E-state index is -4.84. The van der Waals surface area contributed by atoms with E-state index in [1.807, 2.05) is 22.6 Å². The standard InChI is InChI=1S/C14H9ClF3IN2O3/c1-6-3-8(19)7(12(15)23)4-9(6)21-11(22)5-10(14(16,17)18)20(2)13(21)24/h3-5H,1-2H3. The van der Waals surface area contributed by atoms with Crippen LogP contribution in [0.2, 0.25) is 0 Å². The quantitative estimate of drug-likeness (QED) is 0.499. The van der Waals surface area contributed by atoms with Gasteiger partial charge in [-0.2, -0.15) is 13.2 Å². The molecule has 5 nitrogen and oxygen atoms in total. The summed E-state index contributed by atoms with van der Waals surface area (Å²) in [7, 11) is 0.913. The molecule has 0 spiro atoms. The average molecular weight is 473 g/mol. The highest BCUT2D eigenvalue weighted by Crippen LogP contribution is 2.27. The number of rotatable bonds is 2. The average Bonchev–Trinajstić information content (AvgIpc) is 2.43. The zero-order valence-electron chi connectivity index (χ0n) is 12.2. The summed E-state index contributed by atoms with van der Waals surface area (Å²) in [6.45, 7) is 1.56. The van der Waals surface area contributed by atoms with Gasteiger partial charge in [-0.15, -0.1) is 0 Å². The Hall–Kier alpha value is -1.62. The smallest absolute Gasteiger partial charge is 0.292 e. The highest BCUT2D eigenvalue weighted by molar-refractivity contribution is 14.1. The largest absolute Gasteiger partial charge is 0.431 e. The Morgan fingerprint density at radius 2 is 1.79 bits per heavy atom. The number of hydrogen-bond donors (Lipinski definition) is 0. The third-order valence-electron chi connectivity index (χ3n) is 3.35. The molecule has 0 aliphatic heterocycles. The second kappa shape index (κ2) is 6.36. The van der Waals surface area contributed by atoms with Crippen LogP contribution >= 0.6 is 34.2 Å². The van der Waals surface area contributed by atoms with Crippen molar-refractivity contribution in [2.24, 2.45) is 7.05 Å². The fourth-order valence-electron chi connectivity index (χ4n) is 2.17. The van der Waals surface area contributed by atoms with Gasteiger partial charge in [-0.25, -0.2) is 9.36 Å². The van der Waals surface area contributed by atoms with Crippen molar-refractivity contribution in [3.05, 3.63) is 59.4 Å². The maximum absolute atomic E-state index is 12.9. The number of alkyl halides is 3. The second-order valence-corrected chi connectivity index (χ2v) is 6.44. The van der Waals surface area contributed by atoms with Crippen molar-refractivity contribution in [3.63, 3.8) is 0 Å². The monoisotopic (exact) mass is 472 g/mol. The van der Waals surface area contributed by atoms with Gasteiger partial charge in [-0.1, -0.05) is 0 Å². The van der Waals surface area contributed by atoms with Crippen molar-refractivity contribution < 1.29 is 18.0 Å². The molecule has 128 valence electrons. The van der Waals surface area contributed by atoms with E-state index in [1.165, 1.54) is 12.1 Å². The highest BCUT2D eigenvalue weighted by Gasteiger charge is 2.35. The number of aromatic nitrogens is 2. The van der Waals surface area contributed by atoms with Gasteiger partial charge >= 0.3 is 11.9 Å². The van der Waals surface area contributed by atoms with Gasteiger partial charge in [-0.3, -0.25) is 14.2 Å². The molecule has 0 amide bonds. The summed E-state index contributed by atoms with van der Waals surface area (Å²) in [5, 5.41) is -0.808. The fraction of sp³-hybridized carbons (Fsp3) is 0.214. The summed E-state index contributed by atoms with van der Waals surface area (Å²) in [4.78, 5) is 35.8. The minimum Gasteiger partial charge on any atom is -0.292 e. The lowest BCUT2D eigenvalue weighted by Crippen LogP contribution is -2.41. The molecule has 0 radical (unpaired) electrons. The van der Waals surface area contributed by atoms with E-state index in [9.17, 15) is 27.6 Å². The molecule has 2 rings (SSSR count). The maximum atomic E-state index is 12.9. The molecule has 1 aromatic heterocycles. The fourth-order valence-corrected chi connectivity index (χ4v) is 3.36. The van der Waals surface area contributed by atoms with Crippen LogP contribution in [-0.2, 0) is 13.2 Å². The maximum Gasteiger partial charge on any atom is 0.431 e. The normalized spacial score (nSPS) is 11.6. The molecule has 0 bridgehead atoms. The summed E-state index contributed by atoms with van der Waals surface area (Å²) in [5.41, 5.74) is -3.20. The van der Waals surface area contributed by atoms with Crippen molar-refractivity contribution in [3.8, 4) is 5.69 Å². The number of hydrogen-bond acceptors (Lipinski definition) is 3. The van der Waals surface area contributed by atoms with E-state index in [1.54, 1.807) is 6.92 Å². The molecule has 0 aliphatic rings. The number of halogens is 5. The number of carbonyl (C=O) groups is 1. The summed E-state index contributed by atoms with van der Waals surface area (Å²) >= 11 is 7.31. The summed E-state index contributed by atoms with van der Waals surface area (Å²) in [6.07, 6.45) is -4.84. The van der Waals surface area contributed by atoms with Crippen molar-refractivity contribution in [1.29, 1.82) is 0 Å². The number of benzene rings is 1. The van der Waals surface area contributed by atoms with E-state index in [0.29, 0.717) is 24.3 Å². The molecule has 0 aliphatic carbocycles. The van der Waals surface area contributed by atoms with Crippen LogP contribution in [-0.4, -0.2) is 14.4 Å². The number of carbonyl (C=O) groups excluding carboxylic acids is 1. The molecule has 0 N–H and O–H groups in total. The minimum absolute atomic E-state index is 0.00117. The SMILES string of the molecule is Cc1cc(I)c(C(=O)Cl)cc1-n1c(=O)cc(C(F)(F)F)n(C)c1=O. The van der Waals surface area contributed by atoms with Gasteiger partial charge in [0.1, 0.15) is 5.69 Å². The summed E-state index contributed by atoms with van der Waals surface area (Å²) in [6, 6.07) is 3.05. The van der Waals surface area contributed by atoms with Crippen molar-refractivity contribution >= 4 is 39.4 Å². The zero-order chi connectivity index (χ0) is 18.4. The molecule has 0 fully saturated rings. The molecule has 0 unspecified atom stereocenters. The van der Waals surface area contributed by atoms with Crippen molar-refractivity contribution in [2.45, 2.75) is 13.1 Å². The van der Waals surface area contributed by atoms with Gasteiger partial charge in [0, 0.05) is 22.2 Å². The van der Waals surface area contributed by atoms with Crippen molar-refractivity contribution in [2.75, 3.05) is 0 Å². The zero-order valence-corrected chi connectivity index (χ0v) is 15.2. The van der Waals surface area contributed by atoms with E-state index in [4.69, 9.17) is 11.6 Å². The Balaban J connectivity index is 2.88. The molecular formula is C14H9ClF3IN2O3. The van der Waals surface area contributed by atoms with Crippen LogP contribution in [0.4, 0.5) is 13.2 Å². The number of aryl methyl sites for hydroxylation is 1. The molecule has 2 aromatic rings. The molecule has 24 heavy (non-hydrogen) atoms. The molecule has 1 aromatic carbocycles. The van der Waals surface area contributed by atoms with Gasteiger partial charge in [0.05, 0.1) is 5.69 Å². The van der Waals surface area contributed by atoms with E-state index in [0.717, 1.165) is 7.05 Å². The first-order valence-electron chi connectivity index (χ1n) is 6.35. The Morgan fingerprint density at radius 3 is 2.29 bits per heavy atom. The first-order chi connectivity index (χ1) is 10.9. The van der Waals surface area contributed by atoms with Crippen LogP contribution in [0.25, 0.3) is 5.69 Å². The highest BCUT2D eigenvalue weighted by atomic mass is 127. The Bertz CT molecular complexity index is 963. The van der Waals surface area contributed by atoms with Crippen LogP contribution < -0.4 is 11.2 Å². The first-order valence-corrected chi connectivity index (χ1v) is 7.81. The van der Waals surface area contributed by atoms with E-state index >= 15 is 0 Å². The van der Waals surface area contributed by atoms with E-state index < -0.39 is 28.4 Å². The van der Waals surface area contributed by atoms with Gasteiger partial charge in [-0.05, 0) is 58.8 Å². The molecule has 10 heteroatoms. The van der Waals surface area contributed by atoms with Gasteiger partial charge < -0.3 is 0 Å². The first kappa shape index (κ1) is 18.7. The van der Waals surface area contributed by atoms with Crippen LogP contribution in [0, 0.1) is 10.5 Å². The van der Waals surface area contributed by atoms with E-state index in [-0.39, 0.29) is 11.3 Å². The molecule has 0 atom stereocenters. The van der Waals surface area contributed by atoms with Crippen LogP contribution in [0.5, 0.6) is 0 Å². The van der Waals surface area contributed by atoms with Gasteiger partial charge in [0.15, 0.2) is 0 Å². The lowest BCUT2D eigenvalue weighted by atomic mass is 10.1. The third-order valence-corrected chi connectivity index (χ3v) is 4.44. The van der Waals surface area contributed by atoms with Crippen LogP contribution in [0.15, 0.2) is 27.8 Å². The molecule has 0 saturated heterocycles. The topological polar surface area (TPSA) is 61.1 Å². The van der Waals surface area contributed by atoms with Crippen molar-refractivity contribution in [1.82, 2.24) is 9.13 Å². The lowest BCUT2D eigenvalue weighted by Gasteiger charge is -2.15. The van der Waals surface area contributed by atoms with Crippen LogP contribution in [0.3, 0.4) is 0 Å². The molecule has 0 saturated carbocycles. The Labute approximate surface area is 151 Å². The second-order valence-electron chi connectivity index (χ2n) is 4.93. The Morgan fingerprint density at radius 1 is 1.21 bits per heavy atom. The van der Waals surface area contributed by atoms with Gasteiger partial charge in [0.25, 0.3) is 10.8 Å². The van der Waals surface area contributed by atoms with Gasteiger partial charge in [0.2, 0.25) is 0 Å². The Kier molecular flexibility index (Phi) is 4.96. The van der Waals surface area contributed by atoms with E-state index in [2.05, 4.69) is 0 Å².